The minimum Gasteiger partial charge on any atom is -0.304 e. The van der Waals surface area contributed by atoms with Crippen LogP contribution in [0.25, 0.3) is 0 Å². The number of carbonyl (C=O) groups is 1. The van der Waals surface area contributed by atoms with Crippen LogP contribution in [0.5, 0.6) is 0 Å². The third-order valence-corrected chi connectivity index (χ3v) is 2.87. The molecule has 0 bridgehead atoms. The molecule has 0 heterocycles. The Morgan fingerprint density at radius 2 is 1.75 bits per heavy atom. The van der Waals surface area contributed by atoms with Crippen LogP contribution in [0.1, 0.15) is 37.0 Å². The molecule has 0 fully saturated rings. The molecule has 0 saturated heterocycles. The Bertz CT molecular complexity index is 304. The summed E-state index contributed by atoms with van der Waals surface area (Å²) in [6.07, 6.45) is 1.61. The zero-order valence-electron chi connectivity index (χ0n) is 10.3. The Balaban J connectivity index is 2.31. The number of benzene rings is 1. The summed E-state index contributed by atoms with van der Waals surface area (Å²) in [6.45, 7) is 7.46. The lowest BCUT2D eigenvalue weighted by atomic mass is 10.1. The Hall–Kier alpha value is -1.15. The molecule has 2 heteroatoms. The van der Waals surface area contributed by atoms with Gasteiger partial charge in [0, 0.05) is 12.0 Å². The molecule has 0 saturated carbocycles. The molecule has 1 rings (SSSR count). The van der Waals surface area contributed by atoms with E-state index < -0.39 is 0 Å². The minimum atomic E-state index is 0.257. The van der Waals surface area contributed by atoms with Crippen molar-refractivity contribution >= 4 is 5.78 Å². The van der Waals surface area contributed by atoms with Gasteiger partial charge < -0.3 is 4.90 Å². The summed E-state index contributed by atoms with van der Waals surface area (Å²) in [6, 6.07) is 9.54. The highest BCUT2D eigenvalue weighted by molar-refractivity contribution is 5.95. The molecule has 0 aliphatic heterocycles. The average Bonchev–Trinajstić information content (AvgIpc) is 2.35. The van der Waals surface area contributed by atoms with E-state index in [2.05, 4.69) is 18.7 Å². The van der Waals surface area contributed by atoms with E-state index in [9.17, 15) is 4.79 Å². The lowest BCUT2D eigenvalue weighted by Crippen LogP contribution is -2.24. The fraction of sp³-hybridized carbons (Fsp3) is 0.500. The molecule has 88 valence electrons. The van der Waals surface area contributed by atoms with Gasteiger partial charge in [-0.25, -0.2) is 0 Å². The summed E-state index contributed by atoms with van der Waals surface area (Å²) in [5.41, 5.74) is 0.835. The Labute approximate surface area is 98.3 Å². The van der Waals surface area contributed by atoms with Crippen LogP contribution >= 0.6 is 0 Å². The van der Waals surface area contributed by atoms with Gasteiger partial charge in [-0.1, -0.05) is 44.2 Å². The Morgan fingerprint density at radius 3 is 2.31 bits per heavy atom. The van der Waals surface area contributed by atoms with Gasteiger partial charge in [0.25, 0.3) is 0 Å². The Kier molecular flexibility index (Phi) is 5.79. The van der Waals surface area contributed by atoms with Crippen LogP contribution in [0.3, 0.4) is 0 Å². The molecule has 0 amide bonds. The van der Waals surface area contributed by atoms with E-state index in [-0.39, 0.29) is 5.78 Å². The van der Waals surface area contributed by atoms with Gasteiger partial charge in [-0.05, 0) is 26.1 Å². The topological polar surface area (TPSA) is 20.3 Å². The highest BCUT2D eigenvalue weighted by Crippen LogP contribution is 2.05. The summed E-state index contributed by atoms with van der Waals surface area (Å²) in [7, 11) is 0. The molecule has 16 heavy (non-hydrogen) atoms. The fourth-order valence-corrected chi connectivity index (χ4v) is 1.77. The van der Waals surface area contributed by atoms with E-state index in [4.69, 9.17) is 0 Å². The first-order chi connectivity index (χ1) is 7.77. The van der Waals surface area contributed by atoms with Gasteiger partial charge in [0.15, 0.2) is 5.78 Å². The summed E-state index contributed by atoms with van der Waals surface area (Å²) < 4.78 is 0. The van der Waals surface area contributed by atoms with Crippen molar-refractivity contribution in [3.8, 4) is 0 Å². The van der Waals surface area contributed by atoms with Crippen molar-refractivity contribution in [2.24, 2.45) is 0 Å². The van der Waals surface area contributed by atoms with E-state index in [1.807, 2.05) is 30.3 Å². The maximum absolute atomic E-state index is 11.8. The van der Waals surface area contributed by atoms with E-state index >= 15 is 0 Å². The van der Waals surface area contributed by atoms with Crippen molar-refractivity contribution in [1.29, 1.82) is 0 Å². The van der Waals surface area contributed by atoms with Crippen LogP contribution in [0.15, 0.2) is 30.3 Å². The smallest absolute Gasteiger partial charge is 0.162 e. The van der Waals surface area contributed by atoms with E-state index in [1.165, 1.54) is 0 Å². The molecule has 0 unspecified atom stereocenters. The molecule has 1 aromatic rings. The van der Waals surface area contributed by atoms with Crippen molar-refractivity contribution in [2.45, 2.75) is 26.7 Å². The maximum atomic E-state index is 11.8. The van der Waals surface area contributed by atoms with Crippen molar-refractivity contribution < 1.29 is 4.79 Å². The molecule has 0 radical (unpaired) electrons. The number of carbonyl (C=O) groups excluding carboxylic acids is 1. The number of hydrogen-bond donors (Lipinski definition) is 0. The number of nitrogens with zero attached hydrogens (tertiary/aromatic N) is 1. The third kappa shape index (κ3) is 4.15. The molecule has 0 N–H and O–H groups in total. The quantitative estimate of drug-likeness (QED) is 0.657. The lowest BCUT2D eigenvalue weighted by Gasteiger charge is -2.17. The third-order valence-electron chi connectivity index (χ3n) is 2.87. The molecular formula is C14H21NO. The summed E-state index contributed by atoms with van der Waals surface area (Å²) in [5.74, 6) is 0.257. The predicted molar refractivity (Wildman–Crippen MR) is 67.8 cm³/mol. The van der Waals surface area contributed by atoms with Gasteiger partial charge in [-0.15, -0.1) is 0 Å². The fourth-order valence-electron chi connectivity index (χ4n) is 1.77. The maximum Gasteiger partial charge on any atom is 0.162 e. The first-order valence-electron chi connectivity index (χ1n) is 6.08. The summed E-state index contributed by atoms with van der Waals surface area (Å²) in [4.78, 5) is 14.1. The first kappa shape index (κ1) is 12.9. The second-order valence-electron chi connectivity index (χ2n) is 3.92. The number of ketones is 1. The monoisotopic (exact) mass is 219 g/mol. The summed E-state index contributed by atoms with van der Waals surface area (Å²) in [5, 5.41) is 0. The highest BCUT2D eigenvalue weighted by Gasteiger charge is 2.05. The second kappa shape index (κ2) is 7.18. The lowest BCUT2D eigenvalue weighted by molar-refractivity contribution is 0.0975. The molecule has 0 spiro atoms. The van der Waals surface area contributed by atoms with Crippen LogP contribution in [0.4, 0.5) is 0 Å². The molecule has 0 aliphatic rings. The van der Waals surface area contributed by atoms with Crippen LogP contribution in [0.2, 0.25) is 0 Å². The molecule has 0 aromatic heterocycles. The predicted octanol–water partition coefficient (Wildman–Crippen LogP) is 2.99. The zero-order chi connectivity index (χ0) is 11.8. The molecular weight excluding hydrogens is 198 g/mol. The van der Waals surface area contributed by atoms with Crippen LogP contribution in [0, 0.1) is 0 Å². The van der Waals surface area contributed by atoms with E-state index in [1.54, 1.807) is 0 Å². The second-order valence-corrected chi connectivity index (χ2v) is 3.92. The van der Waals surface area contributed by atoms with Crippen molar-refractivity contribution in [1.82, 2.24) is 4.90 Å². The molecule has 0 aliphatic carbocycles. The SMILES string of the molecule is CCN(CC)CCCC(=O)c1ccccc1. The molecule has 0 atom stereocenters. The zero-order valence-corrected chi connectivity index (χ0v) is 10.3. The standard InChI is InChI=1S/C14H21NO/c1-3-15(4-2)12-8-11-14(16)13-9-6-5-7-10-13/h5-7,9-10H,3-4,8,11-12H2,1-2H3. The van der Waals surface area contributed by atoms with Gasteiger partial charge in [0.05, 0.1) is 0 Å². The van der Waals surface area contributed by atoms with Crippen LogP contribution < -0.4 is 0 Å². The van der Waals surface area contributed by atoms with Crippen molar-refractivity contribution in [3.63, 3.8) is 0 Å². The minimum absolute atomic E-state index is 0.257. The van der Waals surface area contributed by atoms with Gasteiger partial charge in [-0.2, -0.15) is 0 Å². The van der Waals surface area contributed by atoms with Crippen molar-refractivity contribution in [3.05, 3.63) is 35.9 Å². The van der Waals surface area contributed by atoms with Gasteiger partial charge >= 0.3 is 0 Å². The van der Waals surface area contributed by atoms with Gasteiger partial charge in [0.2, 0.25) is 0 Å². The number of rotatable bonds is 7. The Morgan fingerprint density at radius 1 is 1.12 bits per heavy atom. The molecule has 2 nitrogen and oxygen atoms in total. The molecule has 1 aromatic carbocycles. The van der Waals surface area contributed by atoms with E-state index in [0.717, 1.165) is 31.6 Å². The number of Topliss-reactive ketones (excluding diaryl/α,β-unsaturated/α-hetero) is 1. The highest BCUT2D eigenvalue weighted by atomic mass is 16.1. The average molecular weight is 219 g/mol. The first-order valence-corrected chi connectivity index (χ1v) is 6.08. The van der Waals surface area contributed by atoms with Crippen LogP contribution in [-0.4, -0.2) is 30.3 Å². The normalized spacial score (nSPS) is 10.7. The largest absolute Gasteiger partial charge is 0.304 e. The van der Waals surface area contributed by atoms with Crippen molar-refractivity contribution in [2.75, 3.05) is 19.6 Å². The number of hydrogen-bond acceptors (Lipinski definition) is 2. The van der Waals surface area contributed by atoms with Gasteiger partial charge in [-0.3, -0.25) is 4.79 Å². The van der Waals surface area contributed by atoms with Crippen LogP contribution in [-0.2, 0) is 0 Å². The van der Waals surface area contributed by atoms with Gasteiger partial charge in [0.1, 0.15) is 0 Å². The van der Waals surface area contributed by atoms with E-state index in [0.29, 0.717) is 6.42 Å². The summed E-state index contributed by atoms with van der Waals surface area (Å²) >= 11 is 0.